The highest BCUT2D eigenvalue weighted by atomic mass is 32.1. The van der Waals surface area contributed by atoms with Crippen LogP contribution in [-0.4, -0.2) is 125 Å². The first-order valence-corrected chi connectivity index (χ1v) is 27.4. The number of aromatic nitrogens is 6. The summed E-state index contributed by atoms with van der Waals surface area (Å²) in [7, 11) is 1.25. The first kappa shape index (κ1) is 65.3. The standard InChI is InChI=1S/C55H54N16O16S2/c1-13-30-51-69-37(27(10)86-51)48(82)60-23(6)43(77)61-24(7)50-68-36(26(9)85-50)39-29(14-15-31(62-39)44(78)59-22(5)42(76)58-21(4)41(75)57-20(3)40(56)74)54-65-34(17-88-54)46(80)67-35(25(8)73)47(81)64-32(16-19(2)72)52-70-38(28(11)87-52)49(83)71-53(84-12)55-66-33(18-89-55)45(79)63-30/h13-19,25,35,53,72-73H,3-7H2,1-2,8-12H3,(H2,56,74)(H,57,75)(H,58,76)(H,59,78)(H,60,82)(H,61,77)(H,63,79)(H,64,81)(H,67,80)(H,71,83)/t19-,25-,35+,53+/m0/s1. The molecule has 89 heavy (non-hydrogen) atoms. The summed E-state index contributed by atoms with van der Waals surface area (Å²) in [6.07, 6.45) is -1.61. The van der Waals surface area contributed by atoms with Gasteiger partial charge in [0.15, 0.2) is 17.6 Å². The van der Waals surface area contributed by atoms with Gasteiger partial charge in [-0.1, -0.05) is 39.0 Å². The minimum Gasteiger partial charge on any atom is -0.440 e. The average Bonchev–Trinajstić information content (AvgIpc) is 1.77. The van der Waals surface area contributed by atoms with Gasteiger partial charge in [0.1, 0.15) is 73.2 Å². The zero-order valence-corrected chi connectivity index (χ0v) is 49.6. The number of nitrogens with two attached hydrogens (primary N) is 1. The van der Waals surface area contributed by atoms with Crippen LogP contribution in [0.4, 0.5) is 0 Å². The van der Waals surface area contributed by atoms with E-state index in [4.69, 9.17) is 23.7 Å². The second kappa shape index (κ2) is 27.4. The van der Waals surface area contributed by atoms with E-state index in [2.05, 4.69) is 105 Å². The fourth-order valence-electron chi connectivity index (χ4n) is 7.55. The number of fused-ring (bicyclic) bond motifs is 13. The molecule has 0 unspecified atom stereocenters. The van der Waals surface area contributed by atoms with Crippen LogP contribution in [0.1, 0.15) is 119 Å². The third kappa shape index (κ3) is 15.3. The van der Waals surface area contributed by atoms with Gasteiger partial charge in [-0.05, 0) is 59.8 Å². The van der Waals surface area contributed by atoms with E-state index in [1.807, 2.05) is 5.32 Å². The van der Waals surface area contributed by atoms with Crippen LogP contribution in [0.15, 0.2) is 104 Å². The molecule has 0 fully saturated rings. The first-order chi connectivity index (χ1) is 42.0. The van der Waals surface area contributed by atoms with Gasteiger partial charge in [0.05, 0.1) is 40.7 Å². The molecular formula is C55H54N16O16S2. The molecule has 4 atom stereocenters. The first-order valence-electron chi connectivity index (χ1n) is 25.7. The number of carbonyl (C=O) groups is 10. The van der Waals surface area contributed by atoms with E-state index in [1.165, 1.54) is 70.7 Å². The molecule has 6 aromatic heterocycles. The number of carbonyl (C=O) groups excluding carboxylic acids is 10. The molecule has 13 N–H and O–H groups in total. The van der Waals surface area contributed by atoms with Crippen LogP contribution in [-0.2, 0) is 28.7 Å². The van der Waals surface area contributed by atoms with E-state index >= 15 is 0 Å². The van der Waals surface area contributed by atoms with Crippen molar-refractivity contribution in [1.82, 2.24) is 77.8 Å². The summed E-state index contributed by atoms with van der Waals surface area (Å²) in [6.45, 7) is 26.0. The lowest BCUT2D eigenvalue weighted by molar-refractivity contribution is -0.124. The number of ether oxygens (including phenoxy) is 1. The van der Waals surface area contributed by atoms with Gasteiger partial charge in [-0.3, -0.25) is 47.9 Å². The molecule has 10 amide bonds. The van der Waals surface area contributed by atoms with E-state index in [-0.39, 0.29) is 102 Å². The molecule has 32 nitrogen and oxygen atoms in total. The summed E-state index contributed by atoms with van der Waals surface area (Å²) in [5.74, 6) is -11.0. The molecule has 0 aromatic carbocycles. The Morgan fingerprint density at radius 1 is 0.652 bits per heavy atom. The number of nitrogens with zero attached hydrogens (tertiary/aromatic N) is 6. The molecule has 1 aliphatic rings. The Hall–Kier alpha value is -11.2. The van der Waals surface area contributed by atoms with Crippen LogP contribution >= 0.6 is 22.7 Å². The number of pyridine rings is 1. The molecule has 7 heterocycles. The normalized spacial score (nSPS) is 17.0. The molecule has 462 valence electrons. The molecule has 34 heteroatoms. The molecule has 10 bridgehead atoms. The van der Waals surface area contributed by atoms with Gasteiger partial charge in [-0.25, -0.2) is 29.9 Å². The van der Waals surface area contributed by atoms with Gasteiger partial charge in [-0.15, -0.1) is 22.7 Å². The number of aliphatic hydroxyl groups excluding tert-OH is 2. The molecule has 1 aliphatic heterocycles. The number of amides is 10. The van der Waals surface area contributed by atoms with Crippen molar-refractivity contribution in [2.24, 2.45) is 5.73 Å². The molecular weight excluding hydrogens is 1200 g/mol. The summed E-state index contributed by atoms with van der Waals surface area (Å²) >= 11 is 1.81. The van der Waals surface area contributed by atoms with E-state index in [0.29, 0.717) is 0 Å². The van der Waals surface area contributed by atoms with Crippen LogP contribution in [0, 0.1) is 20.8 Å². The van der Waals surface area contributed by atoms with E-state index in [9.17, 15) is 58.2 Å². The Kier molecular flexibility index (Phi) is 20.2. The smallest absolute Gasteiger partial charge is 0.278 e. The minimum absolute atomic E-state index is 0.00301. The number of methoxy groups -OCH3 is 1. The van der Waals surface area contributed by atoms with Crippen LogP contribution < -0.4 is 53.6 Å². The van der Waals surface area contributed by atoms with Crippen molar-refractivity contribution in [2.45, 2.75) is 66.0 Å². The van der Waals surface area contributed by atoms with Crippen LogP contribution in [0.2, 0.25) is 0 Å². The predicted octanol–water partition coefficient (Wildman–Crippen LogP) is 1.43. The van der Waals surface area contributed by atoms with Gasteiger partial charge in [0.2, 0.25) is 23.6 Å². The third-order valence-corrected chi connectivity index (χ3v) is 13.8. The number of hydrogen-bond donors (Lipinski definition) is 12. The zero-order chi connectivity index (χ0) is 65.5. The lowest BCUT2D eigenvalue weighted by atomic mass is 10.1. The van der Waals surface area contributed by atoms with Gasteiger partial charge < -0.3 is 81.8 Å². The minimum atomic E-state index is -1.74. The largest absolute Gasteiger partial charge is 0.440 e. The average molecular weight is 1260 g/mol. The molecule has 7 rings (SSSR count). The maximum absolute atomic E-state index is 14.0. The second-order valence-corrected chi connectivity index (χ2v) is 20.5. The molecule has 0 saturated carbocycles. The number of oxazole rings is 3. The van der Waals surface area contributed by atoms with Crippen LogP contribution in [0.3, 0.4) is 0 Å². The number of rotatable bonds is 10. The highest BCUT2D eigenvalue weighted by Gasteiger charge is 2.33. The maximum atomic E-state index is 14.0. The number of thiazole rings is 2. The molecule has 0 saturated heterocycles. The quantitative estimate of drug-likeness (QED) is 0.0863. The van der Waals surface area contributed by atoms with Crippen molar-refractivity contribution < 1.29 is 76.1 Å². The summed E-state index contributed by atoms with van der Waals surface area (Å²) in [4.78, 5) is 159. The summed E-state index contributed by atoms with van der Waals surface area (Å²) in [5.41, 5.74) is 0.606. The van der Waals surface area contributed by atoms with Gasteiger partial charge >= 0.3 is 0 Å². The number of nitrogens with one attached hydrogen (secondary N) is 9. The lowest BCUT2D eigenvalue weighted by Crippen LogP contribution is -2.52. The number of primary amides is 1. The molecule has 6 aromatic rings. The highest BCUT2D eigenvalue weighted by Crippen LogP contribution is 2.35. The SMILES string of the molecule is C=C(NC(=O)C(=C)NC(=O)C(=C)NC(=O)c1ccc2c(n1)-c1nc(oc1C)C(=C)NC(=O)C(=C)NC(=O)c1nc(oc1C)C(=CC)NC(=O)c1csc(n1)[C@@H](OC)NC(=O)c1nc(oc1C)C(=C[C@H](C)O)NC(=O)[C@@H]([C@H](C)O)NC(=O)c1csc-2n1)C(N)=O. The molecule has 0 spiro atoms. The fraction of sp³-hybridized carbons (Fsp3) is 0.200. The zero-order valence-electron chi connectivity index (χ0n) is 48.0. The lowest BCUT2D eigenvalue weighted by Gasteiger charge is -2.21. The fourth-order valence-corrected chi connectivity index (χ4v) is 9.19. The van der Waals surface area contributed by atoms with Gasteiger partial charge in [0.25, 0.3) is 53.2 Å². The van der Waals surface area contributed by atoms with Gasteiger partial charge in [0, 0.05) is 23.4 Å². The van der Waals surface area contributed by atoms with Crippen molar-refractivity contribution in [3.05, 3.63) is 159 Å². The molecule has 0 aliphatic carbocycles. The van der Waals surface area contributed by atoms with E-state index < -0.39 is 112 Å². The number of aryl methyl sites for hydroxylation is 3. The maximum Gasteiger partial charge on any atom is 0.278 e. The number of hydrogen-bond acceptors (Lipinski definition) is 24. The van der Waals surface area contributed by atoms with Crippen LogP contribution in [0.25, 0.3) is 39.1 Å². The molecule has 0 radical (unpaired) electrons. The Morgan fingerprint density at radius 2 is 1.21 bits per heavy atom. The number of aliphatic hydroxyl groups is 2. The van der Waals surface area contributed by atoms with E-state index in [0.717, 1.165) is 28.7 Å². The monoisotopic (exact) mass is 1260 g/mol. The van der Waals surface area contributed by atoms with Crippen molar-refractivity contribution >= 4 is 98.8 Å². The second-order valence-electron chi connectivity index (χ2n) is 18.7. The summed E-state index contributed by atoms with van der Waals surface area (Å²) in [6, 6.07) is 0.792. The Morgan fingerprint density at radius 3 is 1.83 bits per heavy atom. The van der Waals surface area contributed by atoms with Crippen LogP contribution in [0.5, 0.6) is 0 Å². The number of allylic oxidation sites excluding steroid dienone is 1. The van der Waals surface area contributed by atoms with Crippen molar-refractivity contribution in [3.63, 3.8) is 0 Å². The van der Waals surface area contributed by atoms with E-state index in [1.54, 1.807) is 6.92 Å². The van der Waals surface area contributed by atoms with Crippen molar-refractivity contribution in [3.8, 4) is 22.0 Å². The van der Waals surface area contributed by atoms with Crippen molar-refractivity contribution in [2.75, 3.05) is 7.11 Å². The Labute approximate surface area is 510 Å². The highest BCUT2D eigenvalue weighted by molar-refractivity contribution is 7.13. The Balaban J connectivity index is 1.25. The third-order valence-electron chi connectivity index (χ3n) is 12.0. The van der Waals surface area contributed by atoms with Gasteiger partial charge in [-0.2, -0.15) is 0 Å². The Bertz CT molecular complexity index is 4080. The van der Waals surface area contributed by atoms with Crippen molar-refractivity contribution in [1.29, 1.82) is 0 Å². The predicted molar refractivity (Wildman–Crippen MR) is 313 cm³/mol. The summed E-state index contributed by atoms with van der Waals surface area (Å²) in [5, 5.41) is 45.4. The topological polar surface area (TPSA) is 471 Å². The summed E-state index contributed by atoms with van der Waals surface area (Å²) < 4.78 is 22.9.